The predicted octanol–water partition coefficient (Wildman–Crippen LogP) is 1.95. The molecule has 0 aliphatic carbocycles. The van der Waals surface area contributed by atoms with E-state index in [2.05, 4.69) is 29.0 Å². The second-order valence-electron chi connectivity index (χ2n) is 11.6. The SMILES string of the molecule is CCO[C@H]1CN(C(=O)[C@@H](NC(=O)c2ccc(N3CCN(C(C)C)CC3)cc2)C(C)(C)C)[C@@H]2C(=O)CO[C@H]12. The van der Waals surface area contributed by atoms with Crippen LogP contribution < -0.4 is 10.2 Å². The van der Waals surface area contributed by atoms with E-state index in [-0.39, 0.29) is 36.9 Å². The molecular formula is C28H42N4O5. The standard InChI is InChI=1S/C28H42N4O5/c1-7-36-22-16-32(23-21(33)17-37-24(22)23)27(35)25(28(4,5)6)29-26(34)19-8-10-20(11-9-19)31-14-12-30(13-15-31)18(2)3/h8-11,18,22-25H,7,12-17H2,1-6H3,(H,29,34)/t22-,23+,24+,25+/m0/s1. The second-order valence-corrected chi connectivity index (χ2v) is 11.6. The van der Waals surface area contributed by atoms with Gasteiger partial charge >= 0.3 is 0 Å². The smallest absolute Gasteiger partial charge is 0.251 e. The van der Waals surface area contributed by atoms with Gasteiger partial charge in [-0.25, -0.2) is 0 Å². The van der Waals surface area contributed by atoms with Gasteiger partial charge in [0.05, 0.1) is 6.54 Å². The van der Waals surface area contributed by atoms with E-state index in [1.54, 1.807) is 4.90 Å². The number of hydrogen-bond acceptors (Lipinski definition) is 7. The molecule has 3 fully saturated rings. The zero-order valence-electron chi connectivity index (χ0n) is 23.0. The van der Waals surface area contributed by atoms with E-state index in [1.165, 1.54) is 0 Å². The molecule has 0 spiro atoms. The molecule has 3 saturated heterocycles. The molecule has 0 saturated carbocycles. The highest BCUT2D eigenvalue weighted by Crippen LogP contribution is 2.32. The molecule has 1 aromatic carbocycles. The minimum atomic E-state index is -0.807. The average Bonchev–Trinajstić information content (AvgIpc) is 3.42. The number of hydrogen-bond donors (Lipinski definition) is 1. The molecule has 204 valence electrons. The van der Waals surface area contributed by atoms with Crippen molar-refractivity contribution in [1.82, 2.24) is 15.1 Å². The molecule has 9 nitrogen and oxygen atoms in total. The van der Waals surface area contributed by atoms with E-state index >= 15 is 0 Å². The van der Waals surface area contributed by atoms with Gasteiger partial charge in [0.25, 0.3) is 5.91 Å². The normalized spacial score (nSPS) is 25.5. The van der Waals surface area contributed by atoms with Gasteiger partial charge in [-0.05, 0) is 50.5 Å². The number of piperazine rings is 1. The molecule has 3 heterocycles. The Kier molecular flexibility index (Phi) is 8.26. The Bertz CT molecular complexity index is 981. The van der Waals surface area contributed by atoms with E-state index in [0.29, 0.717) is 18.2 Å². The topological polar surface area (TPSA) is 91.4 Å². The molecule has 0 bridgehead atoms. The number of rotatable bonds is 7. The van der Waals surface area contributed by atoms with Gasteiger partial charge in [-0.2, -0.15) is 0 Å². The lowest BCUT2D eigenvalue weighted by Gasteiger charge is -2.38. The highest BCUT2D eigenvalue weighted by molar-refractivity contribution is 5.99. The first-order valence-corrected chi connectivity index (χ1v) is 13.5. The highest BCUT2D eigenvalue weighted by atomic mass is 16.6. The van der Waals surface area contributed by atoms with E-state index in [1.807, 2.05) is 52.0 Å². The third-order valence-corrected chi connectivity index (χ3v) is 7.73. The number of Topliss-reactive ketones (excluding diaryl/α,β-unsaturated/α-hetero) is 1. The third kappa shape index (κ3) is 5.84. The Morgan fingerprint density at radius 3 is 2.32 bits per heavy atom. The number of likely N-dealkylation sites (tertiary alicyclic amines) is 1. The van der Waals surface area contributed by atoms with Gasteiger partial charge in [0.1, 0.15) is 30.9 Å². The Hall–Kier alpha value is -2.49. The van der Waals surface area contributed by atoms with E-state index in [9.17, 15) is 14.4 Å². The summed E-state index contributed by atoms with van der Waals surface area (Å²) in [5.41, 5.74) is 1.02. The number of benzene rings is 1. The molecule has 2 amide bonds. The summed E-state index contributed by atoms with van der Waals surface area (Å²) in [7, 11) is 0. The Morgan fingerprint density at radius 1 is 1.11 bits per heavy atom. The van der Waals surface area contributed by atoms with Gasteiger partial charge in [-0.15, -0.1) is 0 Å². The summed E-state index contributed by atoms with van der Waals surface area (Å²) in [5, 5.41) is 2.97. The summed E-state index contributed by atoms with van der Waals surface area (Å²) < 4.78 is 11.4. The first kappa shape index (κ1) is 27.5. The number of amides is 2. The molecule has 0 unspecified atom stereocenters. The number of fused-ring (bicyclic) bond motifs is 1. The summed E-state index contributed by atoms with van der Waals surface area (Å²) in [6.45, 7) is 16.7. The lowest BCUT2D eigenvalue weighted by Crippen LogP contribution is -2.57. The fraction of sp³-hybridized carbons (Fsp3) is 0.679. The van der Waals surface area contributed by atoms with Gasteiger partial charge < -0.3 is 24.6 Å². The monoisotopic (exact) mass is 514 g/mol. The number of nitrogens with one attached hydrogen (secondary N) is 1. The number of ketones is 1. The minimum Gasteiger partial charge on any atom is -0.374 e. The largest absolute Gasteiger partial charge is 0.374 e. The van der Waals surface area contributed by atoms with Gasteiger partial charge in [0.15, 0.2) is 5.78 Å². The Labute approximate surface area is 220 Å². The van der Waals surface area contributed by atoms with Crippen LogP contribution in [0.1, 0.15) is 51.9 Å². The van der Waals surface area contributed by atoms with E-state index in [0.717, 1.165) is 31.9 Å². The molecule has 1 aromatic rings. The van der Waals surface area contributed by atoms with Gasteiger partial charge in [0.2, 0.25) is 5.91 Å². The Morgan fingerprint density at radius 2 is 1.76 bits per heavy atom. The third-order valence-electron chi connectivity index (χ3n) is 7.73. The van der Waals surface area contributed by atoms with Crippen molar-refractivity contribution in [3.63, 3.8) is 0 Å². The summed E-state index contributed by atoms with van der Waals surface area (Å²) in [4.78, 5) is 46.0. The molecule has 0 radical (unpaired) electrons. The second kappa shape index (κ2) is 11.1. The lowest BCUT2D eigenvalue weighted by atomic mass is 9.85. The quantitative estimate of drug-likeness (QED) is 0.595. The summed E-state index contributed by atoms with van der Waals surface area (Å²) in [6, 6.07) is 6.65. The zero-order valence-corrected chi connectivity index (χ0v) is 23.0. The van der Waals surface area contributed by atoms with Crippen LogP contribution in [0, 0.1) is 5.41 Å². The molecule has 4 rings (SSSR count). The first-order chi connectivity index (χ1) is 17.5. The van der Waals surface area contributed by atoms with Crippen LogP contribution in [-0.2, 0) is 19.1 Å². The van der Waals surface area contributed by atoms with Crippen LogP contribution in [0.25, 0.3) is 0 Å². The summed E-state index contributed by atoms with van der Waals surface area (Å²) >= 11 is 0. The fourth-order valence-corrected chi connectivity index (χ4v) is 5.55. The average molecular weight is 515 g/mol. The number of carbonyl (C=O) groups excluding carboxylic acids is 3. The number of anilines is 1. The maximum Gasteiger partial charge on any atom is 0.251 e. The van der Waals surface area contributed by atoms with Crippen molar-refractivity contribution < 1.29 is 23.9 Å². The molecule has 3 aliphatic rings. The molecule has 9 heteroatoms. The van der Waals surface area contributed by atoms with Gasteiger partial charge in [0, 0.05) is 50.1 Å². The van der Waals surface area contributed by atoms with Crippen molar-refractivity contribution in [2.45, 2.75) is 71.9 Å². The molecular weight excluding hydrogens is 472 g/mol. The number of nitrogens with zero attached hydrogens (tertiary/aromatic N) is 3. The molecule has 37 heavy (non-hydrogen) atoms. The van der Waals surface area contributed by atoms with E-state index < -0.39 is 23.6 Å². The van der Waals surface area contributed by atoms with Crippen molar-refractivity contribution in [2.75, 3.05) is 50.8 Å². The summed E-state index contributed by atoms with van der Waals surface area (Å²) in [5.74, 6) is -0.712. The predicted molar refractivity (Wildman–Crippen MR) is 142 cm³/mol. The van der Waals surface area contributed by atoms with Crippen molar-refractivity contribution >= 4 is 23.3 Å². The van der Waals surface area contributed by atoms with Crippen LogP contribution in [0.5, 0.6) is 0 Å². The maximum atomic E-state index is 13.8. The first-order valence-electron chi connectivity index (χ1n) is 13.5. The van der Waals surface area contributed by atoms with Crippen LogP contribution in [0.15, 0.2) is 24.3 Å². The van der Waals surface area contributed by atoms with Crippen molar-refractivity contribution in [3.8, 4) is 0 Å². The lowest BCUT2D eigenvalue weighted by molar-refractivity contribution is -0.140. The molecule has 1 N–H and O–H groups in total. The van der Waals surface area contributed by atoms with Crippen molar-refractivity contribution in [2.24, 2.45) is 5.41 Å². The minimum absolute atomic E-state index is 0.0197. The van der Waals surface area contributed by atoms with Crippen LogP contribution in [0.4, 0.5) is 5.69 Å². The highest BCUT2D eigenvalue weighted by Gasteiger charge is 2.54. The zero-order chi connectivity index (χ0) is 26.9. The van der Waals surface area contributed by atoms with E-state index in [4.69, 9.17) is 9.47 Å². The van der Waals surface area contributed by atoms with Crippen molar-refractivity contribution in [1.29, 1.82) is 0 Å². The molecule has 0 aromatic heterocycles. The molecule has 3 aliphatic heterocycles. The van der Waals surface area contributed by atoms with Crippen LogP contribution in [-0.4, -0.2) is 104 Å². The maximum absolute atomic E-state index is 13.8. The van der Waals surface area contributed by atoms with Crippen LogP contribution >= 0.6 is 0 Å². The Balaban J connectivity index is 1.45. The van der Waals surface area contributed by atoms with Gasteiger partial charge in [-0.3, -0.25) is 19.3 Å². The van der Waals surface area contributed by atoms with Crippen molar-refractivity contribution in [3.05, 3.63) is 29.8 Å². The van der Waals surface area contributed by atoms with Gasteiger partial charge in [-0.1, -0.05) is 20.8 Å². The summed E-state index contributed by atoms with van der Waals surface area (Å²) in [6.07, 6.45) is -0.806. The van der Waals surface area contributed by atoms with Crippen LogP contribution in [0.3, 0.4) is 0 Å². The molecule has 4 atom stereocenters. The van der Waals surface area contributed by atoms with Crippen LogP contribution in [0.2, 0.25) is 0 Å². The fourth-order valence-electron chi connectivity index (χ4n) is 5.55. The number of ether oxygens (including phenoxy) is 2. The number of carbonyl (C=O) groups is 3.